The summed E-state index contributed by atoms with van der Waals surface area (Å²) >= 11 is 0. The van der Waals surface area contributed by atoms with Gasteiger partial charge >= 0.3 is 0 Å². The Balaban J connectivity index is 2.26. The lowest BCUT2D eigenvalue weighted by atomic mass is 10.4. The number of benzene rings is 3. The lowest BCUT2D eigenvalue weighted by Crippen LogP contribution is -2.39. The smallest absolute Gasteiger partial charge is 0.258 e. The molecule has 1 N–H and O–H groups in total. The summed E-state index contributed by atoms with van der Waals surface area (Å²) in [5.74, 6) is 0.104. The quantitative estimate of drug-likeness (QED) is 0.682. The van der Waals surface area contributed by atoms with Gasteiger partial charge in [0.15, 0.2) is 6.16 Å². The van der Waals surface area contributed by atoms with Crippen molar-refractivity contribution in [3.63, 3.8) is 0 Å². The molecule has 25 heavy (non-hydrogen) atoms. The average molecular weight is 348 g/mol. The largest absolute Gasteiger partial charge is 0.353 e. The van der Waals surface area contributed by atoms with Gasteiger partial charge in [-0.3, -0.25) is 4.79 Å². The van der Waals surface area contributed by atoms with E-state index in [9.17, 15) is 4.79 Å². The zero-order valence-corrected chi connectivity index (χ0v) is 15.3. The first kappa shape index (κ1) is 17.4. The first-order chi connectivity index (χ1) is 12.3. The van der Waals surface area contributed by atoms with Crippen LogP contribution in [-0.2, 0) is 4.79 Å². The van der Waals surface area contributed by atoms with Gasteiger partial charge in [-0.05, 0) is 43.3 Å². The van der Waals surface area contributed by atoms with Crippen molar-refractivity contribution in [3.05, 3.63) is 91.0 Å². The molecule has 1 amide bonds. The van der Waals surface area contributed by atoms with Crippen LogP contribution in [0.25, 0.3) is 0 Å². The van der Waals surface area contributed by atoms with Crippen molar-refractivity contribution in [3.8, 4) is 0 Å². The fourth-order valence-corrected chi connectivity index (χ4v) is 7.27. The topological polar surface area (TPSA) is 29.1 Å². The van der Waals surface area contributed by atoms with Crippen molar-refractivity contribution in [1.29, 1.82) is 0 Å². The standard InChI is InChI=1S/C22H22NOP/c1-2-23-22(24)18-25(19-12-6-3-7-13-19,20-14-8-4-9-15-20)21-16-10-5-11-17-21/h3-17H,2,18H2,1H3/p+1. The van der Waals surface area contributed by atoms with E-state index in [1.165, 1.54) is 15.9 Å². The molecular formula is C22H23NOP+. The summed E-state index contributed by atoms with van der Waals surface area (Å²) < 4.78 is 0. The molecule has 3 aromatic rings. The fourth-order valence-electron chi connectivity index (χ4n) is 3.24. The second-order valence-corrected chi connectivity index (χ2v) is 9.41. The minimum Gasteiger partial charge on any atom is -0.353 e. The SMILES string of the molecule is CCNC(=O)C[P+](c1ccccc1)(c1ccccc1)c1ccccc1. The minimum atomic E-state index is -2.05. The van der Waals surface area contributed by atoms with E-state index in [4.69, 9.17) is 0 Å². The van der Waals surface area contributed by atoms with Crippen LogP contribution in [-0.4, -0.2) is 18.6 Å². The Morgan fingerprint density at radius 3 is 1.40 bits per heavy atom. The molecule has 0 aliphatic carbocycles. The van der Waals surface area contributed by atoms with Gasteiger partial charge in [0.05, 0.1) is 0 Å². The summed E-state index contributed by atoms with van der Waals surface area (Å²) in [6.07, 6.45) is 0.485. The van der Waals surface area contributed by atoms with Gasteiger partial charge in [0, 0.05) is 6.54 Å². The predicted molar refractivity (Wildman–Crippen MR) is 109 cm³/mol. The van der Waals surface area contributed by atoms with Crippen LogP contribution in [0.3, 0.4) is 0 Å². The van der Waals surface area contributed by atoms with Crippen molar-refractivity contribution >= 4 is 29.1 Å². The Hall–Kier alpha value is -2.44. The molecule has 0 aliphatic rings. The number of carbonyl (C=O) groups excluding carboxylic acids is 1. The summed E-state index contributed by atoms with van der Waals surface area (Å²) in [7, 11) is -2.05. The molecule has 2 nitrogen and oxygen atoms in total. The van der Waals surface area contributed by atoms with Crippen LogP contribution in [0, 0.1) is 0 Å². The highest BCUT2D eigenvalue weighted by atomic mass is 31.2. The molecule has 0 fully saturated rings. The van der Waals surface area contributed by atoms with Crippen LogP contribution in [0.5, 0.6) is 0 Å². The van der Waals surface area contributed by atoms with E-state index >= 15 is 0 Å². The van der Waals surface area contributed by atoms with Crippen LogP contribution in [0.1, 0.15) is 6.92 Å². The van der Waals surface area contributed by atoms with E-state index in [-0.39, 0.29) is 5.91 Å². The molecule has 126 valence electrons. The number of amides is 1. The summed E-state index contributed by atoms with van der Waals surface area (Å²) in [5, 5.41) is 6.70. The van der Waals surface area contributed by atoms with Gasteiger partial charge in [-0.15, -0.1) is 0 Å². The number of rotatable bonds is 6. The molecule has 0 saturated heterocycles. The summed E-state index contributed by atoms with van der Waals surface area (Å²) in [5.41, 5.74) is 0. The molecule has 0 heterocycles. The molecule has 0 aliphatic heterocycles. The first-order valence-corrected chi connectivity index (χ1v) is 10.6. The highest BCUT2D eigenvalue weighted by Crippen LogP contribution is 2.54. The Bertz CT molecular complexity index is 707. The maximum Gasteiger partial charge on any atom is 0.258 e. The van der Waals surface area contributed by atoms with Crippen molar-refractivity contribution in [2.24, 2.45) is 0 Å². The Morgan fingerprint density at radius 2 is 1.08 bits per heavy atom. The number of carbonyl (C=O) groups is 1. The van der Waals surface area contributed by atoms with Crippen molar-refractivity contribution in [2.45, 2.75) is 6.92 Å². The third-order valence-corrected chi connectivity index (χ3v) is 8.65. The Morgan fingerprint density at radius 1 is 0.720 bits per heavy atom. The number of hydrogen-bond acceptors (Lipinski definition) is 1. The van der Waals surface area contributed by atoms with E-state index in [0.29, 0.717) is 12.7 Å². The van der Waals surface area contributed by atoms with E-state index in [1.807, 2.05) is 25.1 Å². The van der Waals surface area contributed by atoms with Crippen LogP contribution in [0.4, 0.5) is 0 Å². The normalized spacial score (nSPS) is 11.1. The van der Waals surface area contributed by atoms with Crippen LogP contribution >= 0.6 is 7.26 Å². The lowest BCUT2D eigenvalue weighted by molar-refractivity contribution is -0.118. The maximum absolute atomic E-state index is 12.7. The molecule has 0 unspecified atom stereocenters. The monoisotopic (exact) mass is 348 g/mol. The van der Waals surface area contributed by atoms with E-state index in [2.05, 4.69) is 78.1 Å². The molecule has 0 bridgehead atoms. The lowest BCUT2D eigenvalue weighted by Gasteiger charge is -2.27. The number of nitrogens with one attached hydrogen (secondary N) is 1. The van der Waals surface area contributed by atoms with Gasteiger partial charge in [-0.1, -0.05) is 54.6 Å². The highest BCUT2D eigenvalue weighted by molar-refractivity contribution is 7.96. The highest BCUT2D eigenvalue weighted by Gasteiger charge is 2.47. The third-order valence-electron chi connectivity index (χ3n) is 4.35. The van der Waals surface area contributed by atoms with Crippen LogP contribution in [0.15, 0.2) is 91.0 Å². The fraction of sp³-hybridized carbons (Fsp3) is 0.136. The number of hydrogen-bond donors (Lipinski definition) is 1. The average Bonchev–Trinajstić information content (AvgIpc) is 2.68. The maximum atomic E-state index is 12.7. The van der Waals surface area contributed by atoms with Gasteiger partial charge in [0.1, 0.15) is 23.2 Å². The van der Waals surface area contributed by atoms with Gasteiger partial charge in [0.2, 0.25) is 0 Å². The Labute approximate surface area is 150 Å². The molecule has 0 atom stereocenters. The van der Waals surface area contributed by atoms with Gasteiger partial charge < -0.3 is 5.32 Å². The second-order valence-electron chi connectivity index (χ2n) is 5.93. The van der Waals surface area contributed by atoms with Crippen LogP contribution in [0.2, 0.25) is 0 Å². The van der Waals surface area contributed by atoms with Crippen molar-refractivity contribution in [1.82, 2.24) is 5.32 Å². The predicted octanol–water partition coefficient (Wildman–Crippen LogP) is 3.12. The van der Waals surface area contributed by atoms with Gasteiger partial charge in [-0.2, -0.15) is 0 Å². The summed E-state index contributed by atoms with van der Waals surface area (Å²) in [4.78, 5) is 12.7. The molecule has 0 saturated carbocycles. The molecule has 3 heteroatoms. The molecule has 0 spiro atoms. The molecular weight excluding hydrogens is 325 g/mol. The molecule has 0 radical (unpaired) electrons. The second kappa shape index (κ2) is 8.09. The third kappa shape index (κ3) is 3.65. The minimum absolute atomic E-state index is 0.104. The van der Waals surface area contributed by atoms with E-state index in [0.717, 1.165) is 0 Å². The zero-order chi connectivity index (χ0) is 17.5. The van der Waals surface area contributed by atoms with Crippen molar-refractivity contribution < 1.29 is 4.79 Å². The summed E-state index contributed by atoms with van der Waals surface area (Å²) in [6.45, 7) is 2.61. The van der Waals surface area contributed by atoms with Gasteiger partial charge in [0.25, 0.3) is 5.91 Å². The van der Waals surface area contributed by atoms with E-state index in [1.54, 1.807) is 0 Å². The zero-order valence-electron chi connectivity index (χ0n) is 14.4. The summed E-state index contributed by atoms with van der Waals surface area (Å²) in [6, 6.07) is 31.4. The van der Waals surface area contributed by atoms with E-state index < -0.39 is 7.26 Å². The van der Waals surface area contributed by atoms with Crippen molar-refractivity contribution in [2.75, 3.05) is 12.7 Å². The van der Waals surface area contributed by atoms with Crippen LogP contribution < -0.4 is 21.2 Å². The molecule has 3 rings (SSSR count). The Kier molecular flexibility index (Phi) is 5.63. The molecule has 3 aromatic carbocycles. The first-order valence-electron chi connectivity index (χ1n) is 8.59. The molecule has 0 aromatic heterocycles. The van der Waals surface area contributed by atoms with Gasteiger partial charge in [-0.25, -0.2) is 0 Å².